The summed E-state index contributed by atoms with van der Waals surface area (Å²) in [6.45, 7) is 6.02. The second-order valence-corrected chi connectivity index (χ2v) is 4.14. The maximum atomic E-state index is 11.9. The molecule has 3 nitrogen and oxygen atoms in total. The first-order valence-corrected chi connectivity index (χ1v) is 6.52. The highest BCUT2D eigenvalue weighted by Crippen LogP contribution is 2.35. The number of aryl methyl sites for hydroxylation is 1. The molecule has 1 aliphatic heterocycles. The molecule has 1 aliphatic rings. The van der Waals surface area contributed by atoms with Gasteiger partial charge in [-0.25, -0.2) is 0 Å². The quantitative estimate of drug-likeness (QED) is 0.746. The van der Waals surface area contributed by atoms with Crippen molar-refractivity contribution in [1.29, 1.82) is 0 Å². The van der Waals surface area contributed by atoms with Gasteiger partial charge in [-0.3, -0.25) is 4.79 Å². The zero-order chi connectivity index (χ0) is 13.8. The maximum Gasteiger partial charge on any atom is 0.256 e. The highest BCUT2D eigenvalue weighted by molar-refractivity contribution is 6.35. The van der Waals surface area contributed by atoms with Crippen molar-refractivity contribution in [3.8, 4) is 0 Å². The van der Waals surface area contributed by atoms with Crippen LogP contribution in [0.5, 0.6) is 0 Å². The Bertz CT molecular complexity index is 610. The van der Waals surface area contributed by atoms with Gasteiger partial charge in [0.05, 0.1) is 5.57 Å². The largest absolute Gasteiger partial charge is 0.362 e. The summed E-state index contributed by atoms with van der Waals surface area (Å²) in [5.74, 6) is -0.0381. The van der Waals surface area contributed by atoms with Crippen LogP contribution in [0.25, 0.3) is 11.6 Å². The average molecular weight is 254 g/mol. The van der Waals surface area contributed by atoms with Crippen LogP contribution in [-0.2, 0) is 4.79 Å². The molecule has 1 aromatic heterocycles. The molecule has 0 radical (unpaired) electrons. The summed E-state index contributed by atoms with van der Waals surface area (Å²) in [6.07, 6.45) is 3.73. The minimum absolute atomic E-state index is 0.0381. The standard InChI is InChI=1S/C14H12N2O.C2H6/c1-9-4-2-6-12-13(9)11(14(17)16-12)8-10-5-3-7-15-10;1-2/h2-8,15H,1H3,(H,16,17);1-2H3/b11-8-;. The summed E-state index contributed by atoms with van der Waals surface area (Å²) >= 11 is 0. The van der Waals surface area contributed by atoms with E-state index in [0.29, 0.717) is 0 Å². The summed E-state index contributed by atoms with van der Waals surface area (Å²) in [7, 11) is 0. The molecule has 98 valence electrons. The van der Waals surface area contributed by atoms with Crippen LogP contribution >= 0.6 is 0 Å². The minimum Gasteiger partial charge on any atom is -0.362 e. The summed E-state index contributed by atoms with van der Waals surface area (Å²) in [4.78, 5) is 15.0. The predicted octanol–water partition coefficient (Wildman–Crippen LogP) is 3.84. The number of benzene rings is 1. The van der Waals surface area contributed by atoms with Crippen molar-refractivity contribution in [1.82, 2.24) is 4.98 Å². The number of hydrogen-bond acceptors (Lipinski definition) is 1. The van der Waals surface area contributed by atoms with E-state index < -0.39 is 0 Å². The SMILES string of the molecule is CC.Cc1cccc2c1/C(=C/c1ccc[nH]1)C(=O)N2. The normalized spacial score (nSPS) is 14.7. The van der Waals surface area contributed by atoms with Gasteiger partial charge in [-0.05, 0) is 36.8 Å². The number of carbonyl (C=O) groups is 1. The molecule has 0 unspecified atom stereocenters. The smallest absolute Gasteiger partial charge is 0.256 e. The first-order chi connectivity index (χ1) is 9.25. The molecule has 2 heterocycles. The summed E-state index contributed by atoms with van der Waals surface area (Å²) in [6, 6.07) is 9.75. The molecule has 3 rings (SSSR count). The minimum atomic E-state index is -0.0381. The van der Waals surface area contributed by atoms with E-state index in [1.54, 1.807) is 0 Å². The number of nitrogens with one attached hydrogen (secondary N) is 2. The van der Waals surface area contributed by atoms with Gasteiger partial charge in [-0.2, -0.15) is 0 Å². The van der Waals surface area contributed by atoms with E-state index in [4.69, 9.17) is 0 Å². The van der Waals surface area contributed by atoms with Crippen LogP contribution in [-0.4, -0.2) is 10.9 Å². The van der Waals surface area contributed by atoms with E-state index in [1.807, 2.05) is 63.4 Å². The molecule has 0 spiro atoms. The average Bonchev–Trinajstić information content (AvgIpc) is 3.02. The molecule has 3 heteroatoms. The zero-order valence-electron chi connectivity index (χ0n) is 11.4. The molecule has 2 N–H and O–H groups in total. The molecule has 0 saturated carbocycles. The van der Waals surface area contributed by atoms with E-state index >= 15 is 0 Å². The lowest BCUT2D eigenvalue weighted by atomic mass is 10.0. The Hall–Kier alpha value is -2.29. The van der Waals surface area contributed by atoms with Gasteiger partial charge < -0.3 is 10.3 Å². The number of anilines is 1. The summed E-state index contributed by atoms with van der Waals surface area (Å²) < 4.78 is 0. The number of carbonyl (C=O) groups excluding carboxylic acids is 1. The van der Waals surface area contributed by atoms with Crippen molar-refractivity contribution in [3.05, 3.63) is 53.3 Å². The van der Waals surface area contributed by atoms with E-state index in [-0.39, 0.29) is 5.91 Å². The van der Waals surface area contributed by atoms with Gasteiger partial charge in [0.1, 0.15) is 0 Å². The van der Waals surface area contributed by atoms with E-state index in [2.05, 4.69) is 10.3 Å². The number of aromatic nitrogens is 1. The number of aromatic amines is 1. The molecular weight excluding hydrogens is 236 g/mol. The Labute approximate surface area is 113 Å². The highest BCUT2D eigenvalue weighted by atomic mass is 16.2. The van der Waals surface area contributed by atoms with Crippen molar-refractivity contribution in [2.24, 2.45) is 0 Å². The lowest BCUT2D eigenvalue weighted by Gasteiger charge is -2.02. The highest BCUT2D eigenvalue weighted by Gasteiger charge is 2.25. The molecule has 0 saturated heterocycles. The Morgan fingerprint density at radius 2 is 1.89 bits per heavy atom. The molecule has 0 bridgehead atoms. The van der Waals surface area contributed by atoms with Crippen LogP contribution in [0, 0.1) is 6.92 Å². The third-order valence-corrected chi connectivity index (χ3v) is 2.96. The third-order valence-electron chi connectivity index (χ3n) is 2.96. The molecule has 0 atom stereocenters. The number of fused-ring (bicyclic) bond motifs is 1. The molecular formula is C16H18N2O. The van der Waals surface area contributed by atoms with Crippen LogP contribution in [0.4, 0.5) is 5.69 Å². The summed E-state index contributed by atoms with van der Waals surface area (Å²) in [5.41, 5.74) is 4.67. The van der Waals surface area contributed by atoms with E-state index in [1.165, 1.54) is 0 Å². The maximum absolute atomic E-state index is 11.9. The van der Waals surface area contributed by atoms with Crippen molar-refractivity contribution in [2.75, 3.05) is 5.32 Å². The Balaban J connectivity index is 0.000000637. The third kappa shape index (κ3) is 2.45. The van der Waals surface area contributed by atoms with Crippen molar-refractivity contribution >= 4 is 23.2 Å². The molecule has 0 fully saturated rings. The van der Waals surface area contributed by atoms with Crippen LogP contribution in [0.15, 0.2) is 36.5 Å². The van der Waals surface area contributed by atoms with Crippen LogP contribution < -0.4 is 5.32 Å². The van der Waals surface area contributed by atoms with Gasteiger partial charge in [0.15, 0.2) is 0 Å². The van der Waals surface area contributed by atoms with Crippen LogP contribution in [0.3, 0.4) is 0 Å². The lowest BCUT2D eigenvalue weighted by Crippen LogP contribution is -2.03. The molecule has 1 amide bonds. The second-order valence-electron chi connectivity index (χ2n) is 4.14. The second kappa shape index (κ2) is 5.57. The van der Waals surface area contributed by atoms with Crippen molar-refractivity contribution < 1.29 is 4.79 Å². The molecule has 2 aromatic rings. The fraction of sp³-hybridized carbons (Fsp3) is 0.188. The van der Waals surface area contributed by atoms with Crippen molar-refractivity contribution in [2.45, 2.75) is 20.8 Å². The lowest BCUT2D eigenvalue weighted by molar-refractivity contribution is -0.110. The number of rotatable bonds is 1. The van der Waals surface area contributed by atoms with E-state index in [9.17, 15) is 4.79 Å². The van der Waals surface area contributed by atoms with Gasteiger partial charge in [0.25, 0.3) is 5.91 Å². The zero-order valence-corrected chi connectivity index (χ0v) is 11.4. The number of hydrogen-bond donors (Lipinski definition) is 2. The van der Waals surface area contributed by atoms with E-state index in [0.717, 1.165) is 28.1 Å². The fourth-order valence-corrected chi connectivity index (χ4v) is 2.16. The predicted molar refractivity (Wildman–Crippen MR) is 79.8 cm³/mol. The Morgan fingerprint density at radius 1 is 1.11 bits per heavy atom. The molecule has 1 aromatic carbocycles. The van der Waals surface area contributed by atoms with Crippen LogP contribution in [0.2, 0.25) is 0 Å². The first-order valence-electron chi connectivity index (χ1n) is 6.52. The molecule has 0 aliphatic carbocycles. The van der Waals surface area contributed by atoms with Crippen molar-refractivity contribution in [3.63, 3.8) is 0 Å². The van der Waals surface area contributed by atoms with Gasteiger partial charge in [-0.1, -0.05) is 26.0 Å². The first kappa shape index (κ1) is 13.1. The molecule has 19 heavy (non-hydrogen) atoms. The van der Waals surface area contributed by atoms with Gasteiger partial charge in [-0.15, -0.1) is 0 Å². The summed E-state index contributed by atoms with van der Waals surface area (Å²) in [5, 5.41) is 2.88. The topological polar surface area (TPSA) is 44.9 Å². The Kier molecular flexibility index (Phi) is 3.85. The Morgan fingerprint density at radius 3 is 2.58 bits per heavy atom. The monoisotopic (exact) mass is 254 g/mol. The van der Waals surface area contributed by atoms with Gasteiger partial charge in [0, 0.05) is 23.1 Å². The number of amides is 1. The fourth-order valence-electron chi connectivity index (χ4n) is 2.16. The van der Waals surface area contributed by atoms with Gasteiger partial charge >= 0.3 is 0 Å². The van der Waals surface area contributed by atoms with Gasteiger partial charge in [0.2, 0.25) is 0 Å². The van der Waals surface area contributed by atoms with Crippen LogP contribution in [0.1, 0.15) is 30.7 Å². The number of H-pyrrole nitrogens is 1.